The van der Waals surface area contributed by atoms with Crippen LogP contribution in [0.15, 0.2) is 18.2 Å². The molecule has 3 nitrogen and oxygen atoms in total. The second-order valence-corrected chi connectivity index (χ2v) is 5.49. The first kappa shape index (κ1) is 13.7. The lowest BCUT2D eigenvalue weighted by atomic mass is 9.73. The largest absolute Gasteiger partial charge is 0.296 e. The van der Waals surface area contributed by atoms with Crippen LogP contribution in [0.2, 0.25) is 0 Å². The van der Waals surface area contributed by atoms with Crippen molar-refractivity contribution in [2.24, 2.45) is 11.8 Å². The molecule has 1 heterocycles. The van der Waals surface area contributed by atoms with Gasteiger partial charge in [-0.1, -0.05) is 19.9 Å². The van der Waals surface area contributed by atoms with Crippen molar-refractivity contribution in [2.45, 2.75) is 33.1 Å². The highest BCUT2D eigenvalue weighted by Crippen LogP contribution is 2.37. The fraction of sp³-hybridized carbons (Fsp3) is 0.467. The van der Waals surface area contributed by atoms with Gasteiger partial charge in [-0.15, -0.1) is 0 Å². The Morgan fingerprint density at radius 2 is 2.00 bits per heavy atom. The zero-order valence-corrected chi connectivity index (χ0v) is 11.4. The Morgan fingerprint density at radius 3 is 2.58 bits per heavy atom. The van der Waals surface area contributed by atoms with Crippen LogP contribution >= 0.6 is 0 Å². The Morgan fingerprint density at radius 1 is 1.32 bits per heavy atom. The van der Waals surface area contributed by atoms with E-state index in [0.717, 1.165) is 11.1 Å². The normalized spacial score (nSPS) is 23.6. The highest BCUT2D eigenvalue weighted by Gasteiger charge is 2.39. The van der Waals surface area contributed by atoms with Gasteiger partial charge in [-0.2, -0.15) is 0 Å². The minimum Gasteiger partial charge on any atom is -0.296 e. The van der Waals surface area contributed by atoms with E-state index in [1.165, 1.54) is 12.1 Å². The number of nitrogens with one attached hydrogen (secondary N) is 1. The van der Waals surface area contributed by atoms with Gasteiger partial charge in [-0.3, -0.25) is 14.9 Å². The topological polar surface area (TPSA) is 46.2 Å². The van der Waals surface area contributed by atoms with Gasteiger partial charge in [0.05, 0.1) is 0 Å². The molecule has 0 spiro atoms. The number of rotatable bonds is 2. The third-order valence-corrected chi connectivity index (χ3v) is 3.75. The minimum atomic E-state index is -0.297. The number of carbonyl (C=O) groups excluding carboxylic acids is 2. The first-order valence-electron chi connectivity index (χ1n) is 6.50. The summed E-state index contributed by atoms with van der Waals surface area (Å²) in [4.78, 5) is 23.6. The summed E-state index contributed by atoms with van der Waals surface area (Å²) in [6.45, 7) is 5.74. The Balaban J connectivity index is 2.43. The van der Waals surface area contributed by atoms with Crippen molar-refractivity contribution >= 4 is 11.8 Å². The van der Waals surface area contributed by atoms with Gasteiger partial charge >= 0.3 is 0 Å². The fourth-order valence-electron chi connectivity index (χ4n) is 2.91. The summed E-state index contributed by atoms with van der Waals surface area (Å²) in [5.74, 6) is -1.06. The Labute approximate surface area is 112 Å². The number of amides is 2. The molecule has 2 atom stereocenters. The molecule has 4 heteroatoms. The van der Waals surface area contributed by atoms with Gasteiger partial charge in [0.2, 0.25) is 11.8 Å². The fourth-order valence-corrected chi connectivity index (χ4v) is 2.91. The number of piperidine rings is 1. The van der Waals surface area contributed by atoms with Crippen molar-refractivity contribution in [3.8, 4) is 0 Å². The number of aryl methyl sites for hydroxylation is 1. The van der Waals surface area contributed by atoms with E-state index in [2.05, 4.69) is 5.32 Å². The van der Waals surface area contributed by atoms with Crippen molar-refractivity contribution in [3.05, 3.63) is 35.1 Å². The van der Waals surface area contributed by atoms with Crippen molar-refractivity contribution in [2.75, 3.05) is 0 Å². The number of benzene rings is 1. The Bertz CT molecular complexity index is 525. The number of halogens is 1. The summed E-state index contributed by atoms with van der Waals surface area (Å²) in [5.41, 5.74) is 1.68. The molecule has 2 rings (SSSR count). The Hall–Kier alpha value is -1.71. The standard InChI is InChI=1S/C15H18FNO2/c1-8(2)14-12(7-13(18)17-15(14)19)11-5-4-10(16)6-9(11)3/h4-6,8,12,14H,7H2,1-3H3,(H,17,18,19). The summed E-state index contributed by atoms with van der Waals surface area (Å²) < 4.78 is 13.2. The van der Waals surface area contributed by atoms with Crippen LogP contribution in [-0.2, 0) is 9.59 Å². The monoisotopic (exact) mass is 263 g/mol. The van der Waals surface area contributed by atoms with Crippen LogP contribution in [0.5, 0.6) is 0 Å². The summed E-state index contributed by atoms with van der Waals surface area (Å²) in [6, 6.07) is 4.52. The predicted octanol–water partition coefficient (Wildman–Crippen LogP) is 2.54. The molecular weight excluding hydrogens is 245 g/mol. The van der Waals surface area contributed by atoms with Gasteiger partial charge in [0.25, 0.3) is 0 Å². The average molecular weight is 263 g/mol. The number of carbonyl (C=O) groups is 2. The maximum absolute atomic E-state index is 13.2. The molecule has 1 aromatic rings. The molecule has 1 aromatic carbocycles. The van der Waals surface area contributed by atoms with Crippen LogP contribution in [0.1, 0.15) is 37.3 Å². The highest BCUT2D eigenvalue weighted by molar-refractivity contribution is 6.00. The summed E-state index contributed by atoms with van der Waals surface area (Å²) in [6.07, 6.45) is 0.279. The van der Waals surface area contributed by atoms with Crippen molar-refractivity contribution < 1.29 is 14.0 Å². The average Bonchev–Trinajstić information content (AvgIpc) is 2.26. The lowest BCUT2D eigenvalue weighted by Gasteiger charge is -2.33. The van der Waals surface area contributed by atoms with Crippen LogP contribution in [-0.4, -0.2) is 11.8 Å². The zero-order chi connectivity index (χ0) is 14.2. The maximum Gasteiger partial charge on any atom is 0.230 e. The van der Waals surface area contributed by atoms with E-state index in [-0.39, 0.29) is 41.8 Å². The Kier molecular flexibility index (Phi) is 3.69. The SMILES string of the molecule is Cc1cc(F)ccc1C1CC(=O)NC(=O)C1C(C)C. The van der Waals surface area contributed by atoms with E-state index >= 15 is 0 Å². The third-order valence-electron chi connectivity index (χ3n) is 3.75. The molecule has 1 aliphatic heterocycles. The number of imide groups is 1. The second-order valence-electron chi connectivity index (χ2n) is 5.49. The maximum atomic E-state index is 13.2. The smallest absolute Gasteiger partial charge is 0.230 e. The minimum absolute atomic E-state index is 0.127. The van der Waals surface area contributed by atoms with Crippen LogP contribution in [0.25, 0.3) is 0 Å². The molecule has 0 saturated carbocycles. The van der Waals surface area contributed by atoms with Gasteiger partial charge in [0, 0.05) is 18.3 Å². The number of hydrogen-bond acceptors (Lipinski definition) is 2. The molecular formula is C15H18FNO2. The lowest BCUT2D eigenvalue weighted by Crippen LogP contribution is -2.46. The molecule has 0 radical (unpaired) electrons. The van der Waals surface area contributed by atoms with Crippen molar-refractivity contribution in [3.63, 3.8) is 0 Å². The van der Waals surface area contributed by atoms with Crippen LogP contribution < -0.4 is 5.32 Å². The molecule has 1 fully saturated rings. The second kappa shape index (κ2) is 5.11. The summed E-state index contributed by atoms with van der Waals surface area (Å²) >= 11 is 0. The molecule has 0 bridgehead atoms. The van der Waals surface area contributed by atoms with Crippen molar-refractivity contribution in [1.82, 2.24) is 5.32 Å². The molecule has 0 aromatic heterocycles. The van der Waals surface area contributed by atoms with Gasteiger partial charge in [0.1, 0.15) is 5.82 Å². The van der Waals surface area contributed by atoms with Gasteiger partial charge in [0.15, 0.2) is 0 Å². The van der Waals surface area contributed by atoms with E-state index in [1.54, 1.807) is 6.07 Å². The number of hydrogen-bond donors (Lipinski definition) is 1. The molecule has 1 N–H and O–H groups in total. The van der Waals surface area contributed by atoms with Crippen LogP contribution in [0, 0.1) is 24.6 Å². The quantitative estimate of drug-likeness (QED) is 0.833. The highest BCUT2D eigenvalue weighted by atomic mass is 19.1. The molecule has 2 unspecified atom stereocenters. The molecule has 0 aliphatic carbocycles. The molecule has 102 valence electrons. The third kappa shape index (κ3) is 2.67. The first-order valence-corrected chi connectivity index (χ1v) is 6.50. The van der Waals surface area contributed by atoms with E-state index < -0.39 is 0 Å². The van der Waals surface area contributed by atoms with Gasteiger partial charge < -0.3 is 0 Å². The van der Waals surface area contributed by atoms with E-state index in [9.17, 15) is 14.0 Å². The van der Waals surface area contributed by atoms with E-state index in [4.69, 9.17) is 0 Å². The van der Waals surface area contributed by atoms with E-state index in [1.807, 2.05) is 20.8 Å². The van der Waals surface area contributed by atoms with E-state index in [0.29, 0.717) is 0 Å². The predicted molar refractivity (Wildman–Crippen MR) is 70.0 cm³/mol. The summed E-state index contributed by atoms with van der Waals surface area (Å²) in [7, 11) is 0. The van der Waals surface area contributed by atoms with Gasteiger partial charge in [-0.25, -0.2) is 4.39 Å². The molecule has 1 aliphatic rings. The van der Waals surface area contributed by atoms with Gasteiger partial charge in [-0.05, 0) is 36.1 Å². The molecule has 2 amide bonds. The molecule has 1 saturated heterocycles. The first-order chi connectivity index (χ1) is 8.90. The zero-order valence-electron chi connectivity index (χ0n) is 11.4. The lowest BCUT2D eigenvalue weighted by molar-refractivity contribution is -0.138. The van der Waals surface area contributed by atoms with Crippen LogP contribution in [0.3, 0.4) is 0 Å². The summed E-state index contributed by atoms with van der Waals surface area (Å²) in [5, 5.41) is 2.39. The van der Waals surface area contributed by atoms with Crippen molar-refractivity contribution in [1.29, 1.82) is 0 Å². The molecule has 19 heavy (non-hydrogen) atoms. The van der Waals surface area contributed by atoms with Crippen LogP contribution in [0.4, 0.5) is 4.39 Å².